The summed E-state index contributed by atoms with van der Waals surface area (Å²) >= 11 is 0. The zero-order valence-electron chi connectivity index (χ0n) is 4.33. The number of carboxylic acid groups (broad SMARTS) is 2. The molecule has 0 aliphatic carbocycles. The van der Waals surface area contributed by atoms with Gasteiger partial charge in [-0.2, -0.15) is 8.42 Å². The summed E-state index contributed by atoms with van der Waals surface area (Å²) in [6, 6.07) is 0. The van der Waals surface area contributed by atoms with Gasteiger partial charge in [0.1, 0.15) is 0 Å². The Kier molecular flexibility index (Phi) is 37.8. The van der Waals surface area contributed by atoms with Crippen molar-refractivity contribution in [2.24, 2.45) is 0 Å². The second kappa shape index (κ2) is 15.5. The maximum absolute atomic E-state index is 8.74. The zero-order valence-corrected chi connectivity index (χ0v) is 5.96. The van der Waals surface area contributed by atoms with Crippen LogP contribution in [-0.4, -0.2) is 115 Å². The molecule has 0 aliphatic heterocycles. The molecule has 0 unspecified atom stereocenters. The third-order valence-corrected chi connectivity index (χ3v) is 0. The first kappa shape index (κ1) is 29.2. The minimum absolute atomic E-state index is 0. The van der Waals surface area contributed by atoms with Gasteiger partial charge in [0.15, 0.2) is 0 Å². The molecule has 0 spiro atoms. The summed E-state index contributed by atoms with van der Waals surface area (Å²) in [4.78, 5) is 8.56. The number of rotatable bonds is 0. The van der Waals surface area contributed by atoms with Crippen LogP contribution in [0.2, 0.25) is 0 Å². The van der Waals surface area contributed by atoms with E-state index in [2.05, 4.69) is 0 Å². The summed E-state index contributed by atoms with van der Waals surface area (Å²) in [6.45, 7) is 0. The molecule has 12 heavy (non-hydrogen) atoms. The molecule has 68 valence electrons. The van der Waals surface area contributed by atoms with Gasteiger partial charge in [-0.1, -0.05) is 0 Å². The molecule has 0 saturated heterocycles. The predicted octanol–water partition coefficient (Wildman–Crippen LogP) is -1.31. The van der Waals surface area contributed by atoms with Crippen LogP contribution < -0.4 is 0 Å². The molecule has 0 rings (SSSR count). The van der Waals surface area contributed by atoms with Crippen molar-refractivity contribution in [2.45, 2.75) is 0 Å². The first-order valence-electron chi connectivity index (χ1n) is 1.35. The zero-order chi connectivity index (χ0) is 8.08. The minimum atomic E-state index is -4.67. The molecular weight excluding hydrogens is 254 g/mol. The fraction of sp³-hybridized carbons (Fsp3) is 0. The van der Waals surface area contributed by atoms with Gasteiger partial charge in [-0.25, -0.2) is 4.79 Å². The van der Waals surface area contributed by atoms with E-state index in [1.807, 2.05) is 0 Å². The monoisotopic (exact) mass is 260 g/mol. The van der Waals surface area contributed by atoms with E-state index in [9.17, 15) is 0 Å². The van der Waals surface area contributed by atoms with Crippen molar-refractivity contribution in [1.82, 2.24) is 0 Å². The summed E-state index contributed by atoms with van der Waals surface area (Å²) in [5.41, 5.74) is 0. The van der Waals surface area contributed by atoms with Crippen LogP contribution in [0.25, 0.3) is 0 Å². The Balaban J connectivity index is -0.0000000221. The normalized spacial score (nSPS) is 6.83. The van der Waals surface area contributed by atoms with Gasteiger partial charge >= 0.3 is 97.5 Å². The van der Waals surface area contributed by atoms with Crippen molar-refractivity contribution in [3.8, 4) is 0 Å². The van der Waals surface area contributed by atoms with E-state index in [1.165, 1.54) is 0 Å². The third kappa shape index (κ3) is 346. The molecule has 0 heterocycles. The average molecular weight is 261 g/mol. The van der Waals surface area contributed by atoms with Gasteiger partial charge in [0.2, 0.25) is 0 Å². The molecule has 7 nitrogen and oxygen atoms in total. The quantitative estimate of drug-likeness (QED) is 0.314. The molecule has 0 atom stereocenters. The molecule has 0 aromatic rings. The van der Waals surface area contributed by atoms with E-state index in [0.29, 0.717) is 0 Å². The van der Waals surface area contributed by atoms with Crippen molar-refractivity contribution >= 4 is 110 Å². The SMILES string of the molecule is Cl.O=C(O)O.O=S(=O)(O)O.[KH].[NaH]. The summed E-state index contributed by atoms with van der Waals surface area (Å²) in [5, 5.41) is 13.9. The van der Waals surface area contributed by atoms with Gasteiger partial charge in [-0.15, -0.1) is 12.4 Å². The van der Waals surface area contributed by atoms with E-state index < -0.39 is 16.6 Å². The van der Waals surface area contributed by atoms with Crippen LogP contribution in [0.3, 0.4) is 0 Å². The number of hydrogen-bond donors (Lipinski definition) is 4. The molecular formula is CH7ClKNaO7S. The van der Waals surface area contributed by atoms with Crippen LogP contribution in [0.5, 0.6) is 0 Å². The van der Waals surface area contributed by atoms with Gasteiger partial charge in [0.25, 0.3) is 0 Å². The third-order valence-electron chi connectivity index (χ3n) is 0. The van der Waals surface area contributed by atoms with Crippen molar-refractivity contribution in [1.29, 1.82) is 0 Å². The fourth-order valence-corrected chi connectivity index (χ4v) is 0. The topological polar surface area (TPSA) is 132 Å². The van der Waals surface area contributed by atoms with Crippen LogP contribution in [0, 0.1) is 0 Å². The predicted molar refractivity (Wildman–Crippen MR) is 46.4 cm³/mol. The fourth-order valence-electron chi connectivity index (χ4n) is 0. The summed E-state index contributed by atoms with van der Waals surface area (Å²) in [5.74, 6) is 0. The van der Waals surface area contributed by atoms with Crippen LogP contribution in [-0.2, 0) is 10.4 Å². The first-order valence-corrected chi connectivity index (χ1v) is 2.75. The Morgan fingerprint density at radius 2 is 1.08 bits per heavy atom. The Morgan fingerprint density at radius 1 is 1.08 bits per heavy atom. The van der Waals surface area contributed by atoms with Crippen molar-refractivity contribution in [2.75, 3.05) is 0 Å². The van der Waals surface area contributed by atoms with E-state index in [0.717, 1.165) is 0 Å². The standard InChI is InChI=1S/CH2O3.ClH.K.Na.H2O4S.2H/c2-1(3)4;;;;1-5(2,3)4;;/h(H2,2,3,4);1H;;;(H2,1,2,3,4);;. The van der Waals surface area contributed by atoms with Gasteiger partial charge in [-0.05, 0) is 0 Å². The van der Waals surface area contributed by atoms with Crippen LogP contribution >= 0.6 is 12.4 Å². The Labute approximate surface area is 140 Å². The van der Waals surface area contributed by atoms with E-state index in [1.54, 1.807) is 0 Å². The number of carbonyl (C=O) groups is 1. The second-order valence-corrected chi connectivity index (χ2v) is 1.63. The van der Waals surface area contributed by atoms with E-state index >= 15 is 0 Å². The molecule has 0 aliphatic rings. The molecule has 0 amide bonds. The van der Waals surface area contributed by atoms with Crippen LogP contribution in [0.4, 0.5) is 4.79 Å². The van der Waals surface area contributed by atoms with Crippen molar-refractivity contribution in [3.05, 3.63) is 0 Å². The Morgan fingerprint density at radius 3 is 1.08 bits per heavy atom. The second-order valence-electron chi connectivity index (χ2n) is 0.730. The van der Waals surface area contributed by atoms with Gasteiger partial charge in [-0.3, -0.25) is 9.11 Å². The van der Waals surface area contributed by atoms with Gasteiger partial charge in [0.05, 0.1) is 0 Å². The van der Waals surface area contributed by atoms with Crippen molar-refractivity contribution < 1.29 is 32.5 Å². The van der Waals surface area contributed by atoms with Crippen LogP contribution in [0.15, 0.2) is 0 Å². The summed E-state index contributed by atoms with van der Waals surface area (Å²) in [7, 11) is -4.67. The average Bonchev–Trinajstić information content (AvgIpc) is 1.19. The Bertz CT molecular complexity index is 166. The molecule has 0 bridgehead atoms. The molecule has 4 N–H and O–H groups in total. The van der Waals surface area contributed by atoms with Gasteiger partial charge in [0, 0.05) is 0 Å². The number of halogens is 1. The molecule has 11 heteroatoms. The summed E-state index contributed by atoms with van der Waals surface area (Å²) < 4.78 is 31.6. The van der Waals surface area contributed by atoms with Crippen molar-refractivity contribution in [3.63, 3.8) is 0 Å². The number of hydrogen-bond acceptors (Lipinski definition) is 3. The molecule has 0 fully saturated rings. The molecule has 0 aromatic carbocycles. The van der Waals surface area contributed by atoms with E-state index in [4.69, 9.17) is 32.5 Å². The van der Waals surface area contributed by atoms with E-state index in [-0.39, 0.29) is 93.3 Å². The van der Waals surface area contributed by atoms with Gasteiger partial charge < -0.3 is 10.2 Å². The molecule has 0 aromatic heterocycles. The first-order chi connectivity index (χ1) is 3.73. The molecule has 0 saturated carbocycles. The summed E-state index contributed by atoms with van der Waals surface area (Å²) in [6.07, 6.45) is -1.83. The maximum atomic E-state index is 8.74. The van der Waals surface area contributed by atoms with Crippen LogP contribution in [0.1, 0.15) is 0 Å². The molecule has 0 radical (unpaired) electrons. The Hall–Kier alpha value is 2.07.